The predicted molar refractivity (Wildman–Crippen MR) is 97.3 cm³/mol. The van der Waals surface area contributed by atoms with Crippen LogP contribution in [0.3, 0.4) is 0 Å². The van der Waals surface area contributed by atoms with Crippen LogP contribution in [-0.2, 0) is 11.3 Å². The summed E-state index contributed by atoms with van der Waals surface area (Å²) in [7, 11) is 0. The first-order valence-electron chi connectivity index (χ1n) is 9.20. The van der Waals surface area contributed by atoms with Crippen molar-refractivity contribution in [2.45, 2.75) is 44.3 Å². The number of carbonyl (C=O) groups is 1. The summed E-state index contributed by atoms with van der Waals surface area (Å²) < 4.78 is 0. The van der Waals surface area contributed by atoms with E-state index in [0.29, 0.717) is 12.1 Å². The Balaban J connectivity index is 1.27. The Morgan fingerprint density at radius 1 is 1.28 bits per heavy atom. The van der Waals surface area contributed by atoms with E-state index in [2.05, 4.69) is 39.5 Å². The highest BCUT2D eigenvalue weighted by Crippen LogP contribution is 2.33. The van der Waals surface area contributed by atoms with Crippen LogP contribution in [0, 0.1) is 5.92 Å². The molecule has 5 heteroatoms. The molecule has 2 fully saturated rings. The third-order valence-electron chi connectivity index (χ3n) is 5.42. The number of hydrogen-bond acceptors (Lipinski definition) is 4. The van der Waals surface area contributed by atoms with Gasteiger partial charge in [0.1, 0.15) is 0 Å². The molecule has 25 heavy (non-hydrogen) atoms. The second kappa shape index (κ2) is 7.10. The third-order valence-corrected chi connectivity index (χ3v) is 5.42. The molecule has 0 saturated heterocycles. The average Bonchev–Trinajstić information content (AvgIpc) is 3.36. The first-order valence-corrected chi connectivity index (χ1v) is 9.20. The highest BCUT2D eigenvalue weighted by Gasteiger charge is 2.36. The SMILES string of the molecule is O=C(O)CN(CC1CC1)C1CC(NCc2ccc3ncccc3c2)C1. The van der Waals surface area contributed by atoms with Gasteiger partial charge in [-0.05, 0) is 55.4 Å². The Morgan fingerprint density at radius 2 is 2.12 bits per heavy atom. The van der Waals surface area contributed by atoms with Gasteiger partial charge in [-0.15, -0.1) is 0 Å². The number of aromatic nitrogens is 1. The molecule has 1 aromatic heterocycles. The molecule has 2 saturated carbocycles. The van der Waals surface area contributed by atoms with Gasteiger partial charge >= 0.3 is 5.97 Å². The van der Waals surface area contributed by atoms with Crippen molar-refractivity contribution in [3.8, 4) is 0 Å². The molecule has 0 spiro atoms. The maximum atomic E-state index is 11.1. The molecule has 2 aliphatic rings. The minimum atomic E-state index is -0.707. The van der Waals surface area contributed by atoms with Crippen molar-refractivity contribution >= 4 is 16.9 Å². The van der Waals surface area contributed by atoms with Crippen LogP contribution < -0.4 is 5.32 Å². The normalized spacial score (nSPS) is 22.9. The van der Waals surface area contributed by atoms with E-state index in [-0.39, 0.29) is 6.54 Å². The van der Waals surface area contributed by atoms with E-state index in [1.165, 1.54) is 23.8 Å². The third kappa shape index (κ3) is 4.17. The number of rotatable bonds is 8. The minimum absolute atomic E-state index is 0.186. The van der Waals surface area contributed by atoms with Gasteiger partial charge < -0.3 is 10.4 Å². The fourth-order valence-corrected chi connectivity index (χ4v) is 3.70. The topological polar surface area (TPSA) is 65.5 Å². The maximum absolute atomic E-state index is 11.1. The van der Waals surface area contributed by atoms with Gasteiger partial charge in [-0.2, -0.15) is 0 Å². The number of nitrogens with one attached hydrogen (secondary N) is 1. The molecule has 0 amide bonds. The molecule has 0 radical (unpaired) electrons. The Hall–Kier alpha value is -1.98. The van der Waals surface area contributed by atoms with Gasteiger partial charge in [0.15, 0.2) is 0 Å². The van der Waals surface area contributed by atoms with Crippen molar-refractivity contribution in [2.75, 3.05) is 13.1 Å². The number of fused-ring (bicyclic) bond motifs is 1. The van der Waals surface area contributed by atoms with E-state index in [9.17, 15) is 4.79 Å². The number of nitrogens with zero attached hydrogens (tertiary/aromatic N) is 2. The van der Waals surface area contributed by atoms with Crippen molar-refractivity contribution in [3.05, 3.63) is 42.1 Å². The van der Waals surface area contributed by atoms with E-state index in [1.54, 1.807) is 0 Å². The average molecular weight is 339 g/mol. The van der Waals surface area contributed by atoms with E-state index < -0.39 is 5.97 Å². The molecule has 0 aliphatic heterocycles. The first-order chi connectivity index (χ1) is 12.2. The van der Waals surface area contributed by atoms with Crippen LogP contribution in [-0.4, -0.2) is 46.1 Å². The monoisotopic (exact) mass is 339 g/mol. The van der Waals surface area contributed by atoms with Crippen LogP contribution in [0.15, 0.2) is 36.5 Å². The summed E-state index contributed by atoms with van der Waals surface area (Å²) in [5.74, 6) is 0.0272. The number of pyridine rings is 1. The molecule has 0 unspecified atom stereocenters. The molecule has 2 N–H and O–H groups in total. The molecule has 2 aromatic rings. The molecular formula is C20H25N3O2. The smallest absolute Gasteiger partial charge is 0.317 e. The van der Waals surface area contributed by atoms with E-state index >= 15 is 0 Å². The van der Waals surface area contributed by atoms with Gasteiger partial charge in [-0.1, -0.05) is 12.1 Å². The van der Waals surface area contributed by atoms with Gasteiger partial charge in [-0.3, -0.25) is 14.7 Å². The highest BCUT2D eigenvalue weighted by molar-refractivity contribution is 5.78. The van der Waals surface area contributed by atoms with Crippen molar-refractivity contribution in [3.63, 3.8) is 0 Å². The van der Waals surface area contributed by atoms with Gasteiger partial charge in [0.05, 0.1) is 12.1 Å². The van der Waals surface area contributed by atoms with Crippen LogP contribution in [0.4, 0.5) is 0 Å². The fourth-order valence-electron chi connectivity index (χ4n) is 3.70. The molecule has 1 heterocycles. The van der Waals surface area contributed by atoms with Crippen LogP contribution in [0.1, 0.15) is 31.2 Å². The Morgan fingerprint density at radius 3 is 2.88 bits per heavy atom. The predicted octanol–water partition coefficient (Wildman–Crippen LogP) is 2.65. The number of aliphatic carboxylic acids is 1. The second-order valence-corrected chi connectivity index (χ2v) is 7.50. The quantitative estimate of drug-likeness (QED) is 0.774. The Labute approximate surface area is 148 Å². The summed E-state index contributed by atoms with van der Waals surface area (Å²) in [6.07, 6.45) is 6.45. The van der Waals surface area contributed by atoms with Gasteiger partial charge in [-0.25, -0.2) is 0 Å². The highest BCUT2D eigenvalue weighted by atomic mass is 16.4. The van der Waals surface area contributed by atoms with Gasteiger partial charge in [0.2, 0.25) is 0 Å². The fraction of sp³-hybridized carbons (Fsp3) is 0.500. The summed E-state index contributed by atoms with van der Waals surface area (Å²) in [4.78, 5) is 17.6. The summed E-state index contributed by atoms with van der Waals surface area (Å²) in [6.45, 7) is 2.00. The summed E-state index contributed by atoms with van der Waals surface area (Å²) in [5.41, 5.74) is 2.30. The molecule has 4 rings (SSSR count). The lowest BCUT2D eigenvalue weighted by atomic mass is 9.85. The molecule has 1 aromatic carbocycles. The van der Waals surface area contributed by atoms with Crippen LogP contribution in [0.2, 0.25) is 0 Å². The zero-order valence-corrected chi connectivity index (χ0v) is 14.4. The Kier molecular flexibility index (Phi) is 4.68. The number of carboxylic acids is 1. The number of hydrogen-bond donors (Lipinski definition) is 2. The van der Waals surface area contributed by atoms with Gasteiger partial charge in [0, 0.05) is 36.8 Å². The van der Waals surface area contributed by atoms with E-state index in [0.717, 1.165) is 37.4 Å². The van der Waals surface area contributed by atoms with Crippen LogP contribution in [0.5, 0.6) is 0 Å². The van der Waals surface area contributed by atoms with Crippen molar-refractivity contribution < 1.29 is 9.90 Å². The molecule has 5 nitrogen and oxygen atoms in total. The minimum Gasteiger partial charge on any atom is -0.480 e. The molecule has 132 valence electrons. The molecule has 2 aliphatic carbocycles. The zero-order chi connectivity index (χ0) is 17.2. The van der Waals surface area contributed by atoms with Crippen LogP contribution >= 0.6 is 0 Å². The first kappa shape index (κ1) is 16.5. The lowest BCUT2D eigenvalue weighted by Gasteiger charge is -2.43. The zero-order valence-electron chi connectivity index (χ0n) is 14.4. The summed E-state index contributed by atoms with van der Waals surface area (Å²) in [5, 5.41) is 13.9. The number of carboxylic acid groups (broad SMARTS) is 1. The van der Waals surface area contributed by atoms with Gasteiger partial charge in [0.25, 0.3) is 0 Å². The summed E-state index contributed by atoms with van der Waals surface area (Å²) in [6, 6.07) is 11.4. The van der Waals surface area contributed by atoms with E-state index in [4.69, 9.17) is 5.11 Å². The Bertz CT molecular complexity index is 753. The maximum Gasteiger partial charge on any atom is 0.317 e. The van der Waals surface area contributed by atoms with Crippen molar-refractivity contribution in [1.82, 2.24) is 15.2 Å². The largest absolute Gasteiger partial charge is 0.480 e. The van der Waals surface area contributed by atoms with E-state index in [1.807, 2.05) is 12.3 Å². The standard InChI is InChI=1S/C20H25N3O2/c24-20(25)13-23(12-14-3-4-14)18-9-17(10-18)22-11-15-5-6-19-16(8-15)2-1-7-21-19/h1-2,5-8,14,17-18,22H,3-4,9-13H2,(H,24,25). The van der Waals surface area contributed by atoms with Crippen molar-refractivity contribution in [2.24, 2.45) is 5.92 Å². The molecular weight excluding hydrogens is 314 g/mol. The molecule has 0 bridgehead atoms. The van der Waals surface area contributed by atoms with Crippen LogP contribution in [0.25, 0.3) is 10.9 Å². The summed E-state index contributed by atoms with van der Waals surface area (Å²) >= 11 is 0. The number of benzene rings is 1. The lowest BCUT2D eigenvalue weighted by molar-refractivity contribution is -0.139. The second-order valence-electron chi connectivity index (χ2n) is 7.50. The van der Waals surface area contributed by atoms with Crippen molar-refractivity contribution in [1.29, 1.82) is 0 Å². The lowest BCUT2D eigenvalue weighted by Crippen LogP contribution is -2.54. The molecule has 0 atom stereocenters.